The molecular formula is C42H55NO8. The number of hydrogen-bond donors (Lipinski definition) is 2. The minimum absolute atomic E-state index is 0.119. The molecule has 9 aliphatic rings. The van der Waals surface area contributed by atoms with Crippen LogP contribution in [0.2, 0.25) is 0 Å². The number of nitrogens with one attached hydrogen (secondary N) is 1. The summed E-state index contributed by atoms with van der Waals surface area (Å²) < 4.78 is 39.7. The zero-order chi connectivity index (χ0) is 35.8. The molecule has 1 aromatic heterocycles. The first-order valence-electron chi connectivity index (χ1n) is 19.7. The lowest BCUT2D eigenvalue weighted by Gasteiger charge is -2.66. The second-order valence-corrected chi connectivity index (χ2v) is 20.5. The number of carbonyl (C=O) groups is 1. The Labute approximate surface area is 300 Å². The zero-order valence-electron chi connectivity index (χ0n) is 31.9. The Morgan fingerprint density at radius 2 is 1.49 bits per heavy atom. The number of rotatable bonds is 1. The van der Waals surface area contributed by atoms with E-state index in [4.69, 9.17) is 28.4 Å². The van der Waals surface area contributed by atoms with Crippen molar-refractivity contribution in [2.45, 2.75) is 184 Å². The molecule has 2 N–H and O–H groups in total. The van der Waals surface area contributed by atoms with E-state index in [0.29, 0.717) is 12.3 Å². The van der Waals surface area contributed by atoms with Crippen molar-refractivity contribution in [2.24, 2.45) is 23.2 Å². The minimum Gasteiger partial charge on any atom is -0.386 e. The van der Waals surface area contributed by atoms with Crippen LogP contribution in [0.1, 0.15) is 122 Å². The summed E-state index contributed by atoms with van der Waals surface area (Å²) in [4.78, 5) is 18.3. The molecule has 0 bridgehead atoms. The number of benzene rings is 1. The van der Waals surface area contributed by atoms with Crippen molar-refractivity contribution in [1.29, 1.82) is 0 Å². The summed E-state index contributed by atoms with van der Waals surface area (Å²) in [5.74, 6) is 0.550. The van der Waals surface area contributed by atoms with Crippen molar-refractivity contribution in [2.75, 3.05) is 0 Å². The van der Waals surface area contributed by atoms with Crippen LogP contribution in [-0.4, -0.2) is 86.3 Å². The molecule has 1 unspecified atom stereocenters. The lowest BCUT2D eigenvalue weighted by Crippen LogP contribution is -2.77. The predicted molar refractivity (Wildman–Crippen MR) is 188 cm³/mol. The summed E-state index contributed by atoms with van der Waals surface area (Å²) in [5, 5.41) is 14.7. The number of H-pyrrole nitrogens is 1. The highest BCUT2D eigenvalue weighted by Gasteiger charge is 2.87. The average Bonchev–Trinajstić information content (AvgIpc) is 3.83. The molecule has 1 aromatic carbocycles. The number of aromatic amines is 1. The molecule has 4 aliphatic carbocycles. The van der Waals surface area contributed by atoms with E-state index >= 15 is 0 Å². The molecule has 5 saturated heterocycles. The van der Waals surface area contributed by atoms with Gasteiger partial charge in [0.2, 0.25) is 0 Å². The number of hydrogen-bond acceptors (Lipinski definition) is 8. The van der Waals surface area contributed by atoms with Gasteiger partial charge in [-0.2, -0.15) is 0 Å². The van der Waals surface area contributed by atoms with E-state index in [-0.39, 0.29) is 59.2 Å². The van der Waals surface area contributed by atoms with Crippen molar-refractivity contribution < 1.29 is 38.3 Å². The van der Waals surface area contributed by atoms with Crippen LogP contribution in [0.4, 0.5) is 0 Å². The van der Waals surface area contributed by atoms with E-state index in [2.05, 4.69) is 86.4 Å². The van der Waals surface area contributed by atoms with Gasteiger partial charge in [0.15, 0.2) is 17.7 Å². The zero-order valence-corrected chi connectivity index (χ0v) is 31.9. The highest BCUT2D eigenvalue weighted by atomic mass is 16.8. The fourth-order valence-electron chi connectivity index (χ4n) is 14.1. The molecule has 2 saturated carbocycles. The molecule has 2 aromatic rings. The van der Waals surface area contributed by atoms with Gasteiger partial charge in [-0.1, -0.05) is 13.8 Å². The molecule has 0 amide bonds. The molecule has 276 valence electrons. The van der Waals surface area contributed by atoms with Crippen LogP contribution in [0.25, 0.3) is 10.9 Å². The van der Waals surface area contributed by atoms with Gasteiger partial charge in [0.1, 0.15) is 30.0 Å². The average molecular weight is 702 g/mol. The van der Waals surface area contributed by atoms with Crippen LogP contribution in [0.15, 0.2) is 12.1 Å². The maximum atomic E-state index is 14.3. The first-order chi connectivity index (χ1) is 23.7. The standard InChI is InChI=1S/C42H55NO8/c1-35(2)23-18-21-20(28(44)27(23)36(3,4)51-35)11-12-24-26(21)22-17-19-13-16-41(45)39(9,40(19,10)30(22)43-24)15-14-25-42(41)32(49-42)29-31(46-25)37(5,6)50-34(47-29)33-38(7,8)48-33/h11-12,19,23,25,27,29,31-34,43,45H,13-18H2,1-10H3/t19-,23+,25-,27-,29+,31-,32+,33-,34?,39+,40+,41-,42-/m0/s1. The van der Waals surface area contributed by atoms with Crippen LogP contribution in [0.3, 0.4) is 0 Å². The molecule has 1 spiro atoms. The Morgan fingerprint density at radius 3 is 2.22 bits per heavy atom. The number of aromatic nitrogens is 1. The molecule has 13 atom stereocenters. The molecule has 5 aliphatic heterocycles. The number of epoxide rings is 2. The fourth-order valence-corrected chi connectivity index (χ4v) is 14.1. The van der Waals surface area contributed by atoms with E-state index in [1.54, 1.807) is 0 Å². The topological polar surface area (TPSA) is 115 Å². The second-order valence-electron chi connectivity index (χ2n) is 20.5. The van der Waals surface area contributed by atoms with Crippen LogP contribution < -0.4 is 0 Å². The van der Waals surface area contributed by atoms with E-state index in [1.165, 1.54) is 22.2 Å². The van der Waals surface area contributed by atoms with Gasteiger partial charge in [0, 0.05) is 38.9 Å². The SMILES string of the molecule is CC1(C)OC(C)(C)[C@@H]2C(=O)c3ccc4[nH]c5c(c4c3C[C@H]21)C[C@@H]1CC[C@@]2(O)[C@@]34O[C@@H]3[C@@H]3OC([C@@H]6OC6(C)C)OC(C)(C)[C@H]3O[C@H]4CC[C@]2(C)[C@@]51C. The second kappa shape index (κ2) is 8.98. The van der Waals surface area contributed by atoms with E-state index in [0.717, 1.165) is 43.2 Å². The largest absolute Gasteiger partial charge is 0.386 e. The van der Waals surface area contributed by atoms with E-state index < -0.39 is 39.7 Å². The highest BCUT2D eigenvalue weighted by Crippen LogP contribution is 2.75. The van der Waals surface area contributed by atoms with Crippen molar-refractivity contribution in [3.63, 3.8) is 0 Å². The molecule has 11 rings (SSSR count). The van der Waals surface area contributed by atoms with Crippen LogP contribution in [-0.2, 0) is 46.7 Å². The fraction of sp³-hybridized carbons (Fsp3) is 0.786. The van der Waals surface area contributed by atoms with Crippen molar-refractivity contribution in [3.8, 4) is 0 Å². The first-order valence-corrected chi connectivity index (χ1v) is 19.7. The van der Waals surface area contributed by atoms with E-state index in [1.807, 2.05) is 0 Å². The third kappa shape index (κ3) is 3.50. The third-order valence-corrected chi connectivity index (χ3v) is 16.7. The molecule has 9 nitrogen and oxygen atoms in total. The number of fused-ring (bicyclic) bond motifs is 12. The number of ketones is 1. The highest BCUT2D eigenvalue weighted by molar-refractivity contribution is 6.06. The van der Waals surface area contributed by atoms with Crippen LogP contribution >= 0.6 is 0 Å². The molecule has 9 heteroatoms. The monoisotopic (exact) mass is 701 g/mol. The van der Waals surface area contributed by atoms with Gasteiger partial charge in [0.25, 0.3) is 0 Å². The van der Waals surface area contributed by atoms with Crippen molar-refractivity contribution >= 4 is 16.7 Å². The molecule has 6 heterocycles. The molecule has 51 heavy (non-hydrogen) atoms. The molecule has 0 radical (unpaired) electrons. The van der Waals surface area contributed by atoms with Gasteiger partial charge in [-0.05, 0) is 123 Å². The van der Waals surface area contributed by atoms with Gasteiger partial charge in [-0.25, -0.2) is 0 Å². The lowest BCUT2D eigenvalue weighted by molar-refractivity contribution is -0.356. The predicted octanol–water partition coefficient (Wildman–Crippen LogP) is 6.08. The van der Waals surface area contributed by atoms with Gasteiger partial charge in [0.05, 0.1) is 34.4 Å². The Morgan fingerprint density at radius 1 is 0.765 bits per heavy atom. The summed E-state index contributed by atoms with van der Waals surface area (Å²) in [6.07, 6.45) is 3.08. The normalized spacial score (nSPS) is 51.3. The Hall–Kier alpha value is -1.85. The Bertz CT molecular complexity index is 1940. The smallest absolute Gasteiger partial charge is 0.187 e. The first kappa shape index (κ1) is 32.6. The van der Waals surface area contributed by atoms with Crippen molar-refractivity contribution in [1.82, 2.24) is 4.98 Å². The maximum Gasteiger partial charge on any atom is 0.187 e. The minimum atomic E-state index is -1.13. The summed E-state index contributed by atoms with van der Waals surface area (Å²) in [6.45, 7) is 21.5. The van der Waals surface area contributed by atoms with Crippen LogP contribution in [0, 0.1) is 23.2 Å². The summed E-state index contributed by atoms with van der Waals surface area (Å²) >= 11 is 0. The Balaban J connectivity index is 0.995. The molecular weight excluding hydrogens is 646 g/mol. The van der Waals surface area contributed by atoms with Crippen LogP contribution in [0.5, 0.6) is 0 Å². The quantitative estimate of drug-likeness (QED) is 0.344. The lowest BCUT2D eigenvalue weighted by atomic mass is 9.40. The summed E-state index contributed by atoms with van der Waals surface area (Å²) in [7, 11) is 0. The number of ether oxygens (including phenoxy) is 6. The number of Topliss-reactive ketones (excluding diaryl/α,β-unsaturated/α-hetero) is 1. The molecule has 7 fully saturated rings. The number of aliphatic hydroxyl groups is 1. The summed E-state index contributed by atoms with van der Waals surface area (Å²) in [6, 6.07) is 4.19. The Kier molecular flexibility index (Phi) is 5.74. The third-order valence-electron chi connectivity index (χ3n) is 16.7. The summed E-state index contributed by atoms with van der Waals surface area (Å²) in [5.41, 5.74) is 1.15. The van der Waals surface area contributed by atoms with Gasteiger partial charge in [-0.3, -0.25) is 4.79 Å². The van der Waals surface area contributed by atoms with E-state index in [9.17, 15) is 9.90 Å². The number of carbonyl (C=O) groups excluding carboxylic acids is 1. The van der Waals surface area contributed by atoms with Gasteiger partial charge >= 0.3 is 0 Å². The van der Waals surface area contributed by atoms with Gasteiger partial charge < -0.3 is 38.5 Å². The van der Waals surface area contributed by atoms with Crippen molar-refractivity contribution in [3.05, 3.63) is 34.5 Å². The van der Waals surface area contributed by atoms with Gasteiger partial charge in [-0.15, -0.1) is 0 Å². The maximum absolute atomic E-state index is 14.3.